The van der Waals surface area contributed by atoms with Gasteiger partial charge >= 0.3 is 0 Å². The van der Waals surface area contributed by atoms with Crippen LogP contribution in [0.2, 0.25) is 0 Å². The zero-order valence-electron chi connectivity index (χ0n) is 25.7. The van der Waals surface area contributed by atoms with Gasteiger partial charge in [0, 0.05) is 87.8 Å². The third-order valence-corrected chi connectivity index (χ3v) is 10.9. The van der Waals surface area contributed by atoms with E-state index in [0.717, 1.165) is 45.8 Å². The summed E-state index contributed by atoms with van der Waals surface area (Å²) in [4.78, 5) is 79.7. The van der Waals surface area contributed by atoms with E-state index in [4.69, 9.17) is 0 Å². The molecule has 0 bridgehead atoms. The van der Waals surface area contributed by atoms with Crippen LogP contribution in [0.3, 0.4) is 0 Å². The quantitative estimate of drug-likeness (QED) is 0.302. The van der Waals surface area contributed by atoms with Crippen molar-refractivity contribution in [2.75, 3.05) is 29.6 Å². The Balaban J connectivity index is 1.67. The summed E-state index contributed by atoms with van der Waals surface area (Å²) in [5, 5.41) is 1.92. The maximum absolute atomic E-state index is 14.1. The Labute approximate surface area is 268 Å². The first kappa shape index (κ1) is 34.1. The first-order chi connectivity index (χ1) is 21.2. The molecule has 0 aliphatic carbocycles. The Morgan fingerprint density at radius 2 is 1.18 bits per heavy atom. The van der Waals surface area contributed by atoms with Gasteiger partial charge in [0.25, 0.3) is 5.91 Å². The van der Waals surface area contributed by atoms with Gasteiger partial charge in [0.15, 0.2) is 0 Å². The van der Waals surface area contributed by atoms with Crippen LogP contribution in [-0.2, 0) is 29.5 Å². The molecular formula is C35H43NO6S2. The largest absolute Gasteiger partial charge is 0.328 e. The molecule has 236 valence electrons. The van der Waals surface area contributed by atoms with Gasteiger partial charge in [0.05, 0.1) is 5.54 Å². The molecule has 1 atom stereocenters. The standard InChI is InChI=1S/C35H43NO6S2/c1-2-43-20-21-44-19-5-17-35-24-31(41)15-14-29(39)11-10-27(37)8-9-28(38)12-13-30(40)16-18-36(35)34(42)32-22-25-6-3-4-7-26(25)23-33(32)35/h3-4,6-7,22-23H,2,5,8-21,24H2,1H3. The summed E-state index contributed by atoms with van der Waals surface area (Å²) in [6.07, 6.45) is 1.94. The minimum Gasteiger partial charge on any atom is -0.328 e. The minimum absolute atomic E-state index is 0.0418. The SMILES string of the molecule is CCSCCSCCCC12CC(=O)CCC(=O)CCC(=O)CCC(=O)CCC(=O)CCN1C(=O)c1cc3ccccc3cc12. The van der Waals surface area contributed by atoms with Crippen molar-refractivity contribution < 1.29 is 28.8 Å². The van der Waals surface area contributed by atoms with Gasteiger partial charge in [0.1, 0.15) is 28.9 Å². The third kappa shape index (κ3) is 8.90. The molecule has 0 spiro atoms. The number of hydrogen-bond donors (Lipinski definition) is 0. The molecule has 1 amide bonds. The van der Waals surface area contributed by atoms with E-state index in [-0.39, 0.29) is 106 Å². The van der Waals surface area contributed by atoms with Crippen LogP contribution in [0.4, 0.5) is 0 Å². The van der Waals surface area contributed by atoms with E-state index in [1.54, 1.807) is 4.90 Å². The fraction of sp³-hybridized carbons (Fsp3) is 0.543. The lowest BCUT2D eigenvalue weighted by Crippen LogP contribution is -2.46. The molecule has 1 fully saturated rings. The molecule has 2 aromatic rings. The van der Waals surface area contributed by atoms with Gasteiger partial charge in [0.2, 0.25) is 0 Å². The molecule has 2 aliphatic heterocycles. The van der Waals surface area contributed by atoms with Crippen molar-refractivity contribution in [1.82, 2.24) is 4.90 Å². The Morgan fingerprint density at radius 3 is 1.77 bits per heavy atom. The van der Waals surface area contributed by atoms with Crippen molar-refractivity contribution in [3.05, 3.63) is 47.5 Å². The highest BCUT2D eigenvalue weighted by Crippen LogP contribution is 2.47. The van der Waals surface area contributed by atoms with Crippen LogP contribution in [0, 0.1) is 0 Å². The van der Waals surface area contributed by atoms with Crippen LogP contribution in [0.25, 0.3) is 10.8 Å². The zero-order chi connectivity index (χ0) is 31.5. The topological polar surface area (TPSA) is 106 Å². The molecule has 0 aromatic heterocycles. The number of thioether (sulfide) groups is 2. The predicted molar refractivity (Wildman–Crippen MR) is 177 cm³/mol. The molecular weight excluding hydrogens is 595 g/mol. The highest BCUT2D eigenvalue weighted by molar-refractivity contribution is 8.02. The number of amides is 1. The van der Waals surface area contributed by atoms with E-state index < -0.39 is 5.54 Å². The van der Waals surface area contributed by atoms with Gasteiger partial charge in [-0.1, -0.05) is 31.2 Å². The molecule has 4 rings (SSSR count). The van der Waals surface area contributed by atoms with E-state index in [1.807, 2.05) is 59.9 Å². The van der Waals surface area contributed by atoms with Gasteiger partial charge < -0.3 is 4.90 Å². The first-order valence-corrected chi connectivity index (χ1v) is 18.1. The van der Waals surface area contributed by atoms with Gasteiger partial charge in [-0.15, -0.1) is 0 Å². The maximum Gasteiger partial charge on any atom is 0.254 e. The highest BCUT2D eigenvalue weighted by atomic mass is 32.2. The summed E-state index contributed by atoms with van der Waals surface area (Å²) < 4.78 is 0. The first-order valence-electron chi connectivity index (χ1n) is 15.8. The molecule has 2 heterocycles. The summed E-state index contributed by atoms with van der Waals surface area (Å²) >= 11 is 3.77. The molecule has 2 aromatic carbocycles. The van der Waals surface area contributed by atoms with Crippen LogP contribution in [0.15, 0.2) is 36.4 Å². The Kier molecular flexibility index (Phi) is 12.8. The molecule has 1 saturated heterocycles. The average Bonchev–Trinajstić information content (AvgIpc) is 3.23. The number of ketones is 5. The van der Waals surface area contributed by atoms with Crippen molar-refractivity contribution in [1.29, 1.82) is 0 Å². The summed E-state index contributed by atoms with van der Waals surface area (Å²) in [6.45, 7) is 2.30. The van der Waals surface area contributed by atoms with Crippen LogP contribution in [-0.4, -0.2) is 69.3 Å². The van der Waals surface area contributed by atoms with Crippen molar-refractivity contribution in [2.45, 2.75) is 89.5 Å². The average molecular weight is 638 g/mol. The van der Waals surface area contributed by atoms with Crippen LogP contribution in [0.1, 0.15) is 99.9 Å². The fourth-order valence-corrected chi connectivity index (χ4v) is 8.03. The van der Waals surface area contributed by atoms with Gasteiger partial charge in [-0.2, -0.15) is 23.5 Å². The molecule has 9 heteroatoms. The normalized spacial score (nSPS) is 21.3. The Morgan fingerprint density at radius 1 is 0.659 bits per heavy atom. The van der Waals surface area contributed by atoms with E-state index in [1.165, 1.54) is 0 Å². The minimum atomic E-state index is -0.924. The molecule has 0 saturated carbocycles. The number of hydrogen-bond acceptors (Lipinski definition) is 8. The van der Waals surface area contributed by atoms with Crippen LogP contribution < -0.4 is 0 Å². The maximum atomic E-state index is 14.1. The highest BCUT2D eigenvalue weighted by Gasteiger charge is 2.50. The second-order valence-electron chi connectivity index (χ2n) is 11.8. The van der Waals surface area contributed by atoms with Crippen molar-refractivity contribution in [2.24, 2.45) is 0 Å². The number of benzene rings is 2. The second kappa shape index (κ2) is 16.5. The van der Waals surface area contributed by atoms with Crippen LogP contribution in [0.5, 0.6) is 0 Å². The lowest BCUT2D eigenvalue weighted by molar-refractivity contribution is -0.128. The van der Waals surface area contributed by atoms with E-state index in [0.29, 0.717) is 12.0 Å². The number of Topliss-reactive ketones (excluding diaryl/α,β-unsaturated/α-hetero) is 5. The lowest BCUT2D eigenvalue weighted by Gasteiger charge is -2.39. The fourth-order valence-electron chi connectivity index (χ4n) is 6.25. The van der Waals surface area contributed by atoms with Crippen molar-refractivity contribution in [3.8, 4) is 0 Å². The van der Waals surface area contributed by atoms with Crippen molar-refractivity contribution >= 4 is 69.1 Å². The summed E-state index contributed by atoms with van der Waals surface area (Å²) in [5.74, 6) is 3.23. The number of carbonyl (C=O) groups is 6. The number of rotatable bonds is 8. The third-order valence-electron chi connectivity index (χ3n) is 8.67. The monoisotopic (exact) mass is 637 g/mol. The van der Waals surface area contributed by atoms with E-state index >= 15 is 0 Å². The van der Waals surface area contributed by atoms with Crippen LogP contribution >= 0.6 is 23.5 Å². The smallest absolute Gasteiger partial charge is 0.254 e. The number of fused-ring (bicyclic) bond motifs is 4. The Hall–Kier alpha value is -2.78. The molecule has 1 unspecified atom stereocenters. The van der Waals surface area contributed by atoms with Gasteiger partial charge in [-0.05, 0) is 52.8 Å². The zero-order valence-corrected chi connectivity index (χ0v) is 27.3. The molecule has 0 N–H and O–H groups in total. The van der Waals surface area contributed by atoms with Gasteiger partial charge in [-0.25, -0.2) is 0 Å². The summed E-state index contributed by atoms with van der Waals surface area (Å²) in [6, 6.07) is 11.8. The molecule has 0 radical (unpaired) electrons. The molecule has 2 aliphatic rings. The molecule has 44 heavy (non-hydrogen) atoms. The Bertz CT molecular complexity index is 1400. The summed E-state index contributed by atoms with van der Waals surface area (Å²) in [7, 11) is 0. The summed E-state index contributed by atoms with van der Waals surface area (Å²) in [5.41, 5.74) is 0.453. The number of carbonyl (C=O) groups excluding carboxylic acids is 6. The predicted octanol–water partition coefficient (Wildman–Crippen LogP) is 6.52. The van der Waals surface area contributed by atoms with E-state index in [9.17, 15) is 28.8 Å². The van der Waals surface area contributed by atoms with Gasteiger partial charge in [-0.3, -0.25) is 28.8 Å². The number of nitrogens with zero attached hydrogens (tertiary/aromatic N) is 1. The molecule has 7 nitrogen and oxygen atoms in total. The second-order valence-corrected chi connectivity index (χ2v) is 14.4. The van der Waals surface area contributed by atoms with Crippen molar-refractivity contribution in [3.63, 3.8) is 0 Å². The van der Waals surface area contributed by atoms with E-state index in [2.05, 4.69) is 6.92 Å². The lowest BCUT2D eigenvalue weighted by atomic mass is 9.79.